The first-order valence-electron chi connectivity index (χ1n) is 14.4. The van der Waals surface area contributed by atoms with Crippen molar-refractivity contribution in [3.05, 3.63) is 28.4 Å². The van der Waals surface area contributed by atoms with Crippen molar-refractivity contribution in [3.8, 4) is 11.5 Å². The van der Waals surface area contributed by atoms with Crippen LogP contribution in [0.3, 0.4) is 0 Å². The average Bonchev–Trinajstić information content (AvgIpc) is 3.57. The zero-order valence-corrected chi connectivity index (χ0v) is 27.4. The summed E-state index contributed by atoms with van der Waals surface area (Å²) in [7, 11) is 0. The van der Waals surface area contributed by atoms with Gasteiger partial charge in [0.2, 0.25) is 12.7 Å². The van der Waals surface area contributed by atoms with Crippen LogP contribution >= 0.6 is 27.7 Å². The van der Waals surface area contributed by atoms with Gasteiger partial charge in [-0.3, -0.25) is 10.2 Å². The Morgan fingerprint density at radius 3 is 2.74 bits per heavy atom. The lowest BCUT2D eigenvalue weighted by molar-refractivity contribution is -0.136. The van der Waals surface area contributed by atoms with Gasteiger partial charge in [0.15, 0.2) is 27.8 Å². The van der Waals surface area contributed by atoms with Crippen LogP contribution in [-0.2, 0) is 16.1 Å². The minimum atomic E-state index is -0.652. The Morgan fingerprint density at radius 2 is 2.02 bits per heavy atom. The lowest BCUT2D eigenvalue weighted by Gasteiger charge is -2.36. The summed E-state index contributed by atoms with van der Waals surface area (Å²) >= 11 is 5.02. The number of nitrogens with zero attached hydrogens (tertiary/aromatic N) is 4. The molecule has 232 valence electrons. The highest BCUT2D eigenvalue weighted by atomic mass is 79.9. The second-order valence-electron chi connectivity index (χ2n) is 12.2. The van der Waals surface area contributed by atoms with Crippen molar-refractivity contribution in [2.45, 2.75) is 82.1 Å². The molecule has 2 amide bonds. The van der Waals surface area contributed by atoms with Crippen molar-refractivity contribution >= 4 is 50.9 Å². The molecule has 43 heavy (non-hydrogen) atoms. The number of alkyl carbamates (subject to hydrolysis) is 1. The lowest BCUT2D eigenvalue weighted by Crippen LogP contribution is -2.54. The van der Waals surface area contributed by atoms with E-state index in [0.717, 1.165) is 28.6 Å². The standard InChI is InChI=1S/C29H38BrN7O5S/c1-16(2)22(34-28(39)42-29(3,4)5)26(38)36-9-6-7-17(13-36)8-10-37-14-32-24(31)23-25(37)35-27(33-23)43-21-12-20-19(11-18(21)30)40-15-41-20/h11-12,14,16-17,22,31H,6-10,13,15H2,1-5H3,(H,33,35)(H,34,39)/t17?,22-/m0/s1. The summed E-state index contributed by atoms with van der Waals surface area (Å²) in [5.41, 5.74) is 0.708. The number of imidazole rings is 1. The van der Waals surface area contributed by atoms with Gasteiger partial charge in [0.1, 0.15) is 17.2 Å². The summed E-state index contributed by atoms with van der Waals surface area (Å²) in [5, 5.41) is 11.8. The Hall–Kier alpha value is -3.26. The van der Waals surface area contributed by atoms with Crippen LogP contribution in [0, 0.1) is 17.2 Å². The van der Waals surface area contributed by atoms with Crippen molar-refractivity contribution in [2.24, 2.45) is 11.8 Å². The number of aryl methyl sites for hydroxylation is 1. The van der Waals surface area contributed by atoms with Gasteiger partial charge in [0.05, 0.1) is 6.33 Å². The normalized spacial score (nSPS) is 17.4. The lowest BCUT2D eigenvalue weighted by atomic mass is 9.93. The predicted molar refractivity (Wildman–Crippen MR) is 164 cm³/mol. The molecule has 0 radical (unpaired) electrons. The second kappa shape index (κ2) is 12.8. The van der Waals surface area contributed by atoms with E-state index in [2.05, 4.69) is 31.2 Å². The van der Waals surface area contributed by atoms with Gasteiger partial charge in [0.25, 0.3) is 0 Å². The van der Waals surface area contributed by atoms with E-state index in [-0.39, 0.29) is 30.0 Å². The Bertz CT molecular complexity index is 1570. The van der Waals surface area contributed by atoms with Crippen LogP contribution in [0.15, 0.2) is 33.0 Å². The van der Waals surface area contributed by atoms with Gasteiger partial charge in [-0.1, -0.05) is 25.6 Å². The molecule has 5 rings (SSSR count). The molecule has 1 saturated heterocycles. The molecule has 2 aromatic heterocycles. The van der Waals surface area contributed by atoms with Crippen LogP contribution in [0.1, 0.15) is 53.9 Å². The molecule has 2 aliphatic rings. The summed E-state index contributed by atoms with van der Waals surface area (Å²) in [4.78, 5) is 41.0. The summed E-state index contributed by atoms with van der Waals surface area (Å²) in [5.74, 6) is 1.49. The van der Waals surface area contributed by atoms with Crippen molar-refractivity contribution in [1.82, 2.24) is 29.7 Å². The van der Waals surface area contributed by atoms with E-state index in [0.29, 0.717) is 47.5 Å². The predicted octanol–water partition coefficient (Wildman–Crippen LogP) is 5.06. The van der Waals surface area contributed by atoms with Crippen molar-refractivity contribution in [2.75, 3.05) is 19.9 Å². The van der Waals surface area contributed by atoms with Gasteiger partial charge in [0, 0.05) is 29.0 Å². The topological polar surface area (TPSA) is 147 Å². The average molecular weight is 677 g/mol. The Morgan fingerprint density at radius 1 is 1.28 bits per heavy atom. The number of aromatic amines is 1. The van der Waals surface area contributed by atoms with E-state index < -0.39 is 17.7 Å². The number of likely N-dealkylation sites (tertiary alicyclic amines) is 1. The first kappa shape index (κ1) is 31.2. The van der Waals surface area contributed by atoms with Gasteiger partial charge in [-0.15, -0.1) is 0 Å². The number of hydrogen-bond donors (Lipinski definition) is 3. The minimum Gasteiger partial charge on any atom is -0.454 e. The first-order valence-corrected chi connectivity index (χ1v) is 16.0. The van der Waals surface area contributed by atoms with E-state index >= 15 is 0 Å². The Labute approximate surface area is 262 Å². The molecule has 0 spiro atoms. The number of amides is 2. The van der Waals surface area contributed by atoms with E-state index in [1.165, 1.54) is 11.8 Å². The molecule has 2 aliphatic heterocycles. The van der Waals surface area contributed by atoms with E-state index in [1.54, 1.807) is 27.1 Å². The van der Waals surface area contributed by atoms with Gasteiger partial charge >= 0.3 is 6.09 Å². The quantitative estimate of drug-likeness (QED) is 0.300. The van der Waals surface area contributed by atoms with Crippen LogP contribution < -0.4 is 20.3 Å². The third kappa shape index (κ3) is 7.46. The van der Waals surface area contributed by atoms with E-state index in [9.17, 15) is 9.59 Å². The number of halogens is 1. The van der Waals surface area contributed by atoms with Crippen LogP contribution in [-0.4, -0.2) is 67.9 Å². The maximum absolute atomic E-state index is 13.5. The van der Waals surface area contributed by atoms with Crippen LogP contribution in [0.25, 0.3) is 11.2 Å². The van der Waals surface area contributed by atoms with Crippen LogP contribution in [0.2, 0.25) is 0 Å². The third-order valence-corrected chi connectivity index (χ3v) is 9.21. The monoisotopic (exact) mass is 675 g/mol. The third-order valence-electron chi connectivity index (χ3n) is 7.35. The van der Waals surface area contributed by atoms with Crippen LogP contribution in [0.5, 0.6) is 11.5 Å². The van der Waals surface area contributed by atoms with E-state index in [4.69, 9.17) is 24.6 Å². The number of hydrogen-bond acceptors (Lipinski definition) is 9. The zero-order valence-electron chi connectivity index (χ0n) is 25.0. The maximum Gasteiger partial charge on any atom is 0.408 e. The number of benzene rings is 1. The molecule has 14 heteroatoms. The molecule has 1 fully saturated rings. The fourth-order valence-corrected chi connectivity index (χ4v) is 6.60. The molecule has 4 heterocycles. The molecule has 1 aromatic carbocycles. The molecule has 12 nitrogen and oxygen atoms in total. The summed E-state index contributed by atoms with van der Waals surface area (Å²) in [6.07, 6.45) is 3.79. The highest BCUT2D eigenvalue weighted by Crippen LogP contribution is 2.42. The van der Waals surface area contributed by atoms with Crippen LogP contribution in [0.4, 0.5) is 4.79 Å². The second-order valence-corrected chi connectivity index (χ2v) is 14.1. The highest BCUT2D eigenvalue weighted by molar-refractivity contribution is 9.10. The van der Waals surface area contributed by atoms with Gasteiger partial charge in [-0.25, -0.2) is 14.8 Å². The maximum atomic E-state index is 13.5. The highest BCUT2D eigenvalue weighted by Gasteiger charge is 2.33. The Balaban J connectivity index is 1.25. The summed E-state index contributed by atoms with van der Waals surface area (Å²) < 4.78 is 19.2. The number of carbonyl (C=O) groups is 2. The molecule has 0 saturated carbocycles. The molecular weight excluding hydrogens is 638 g/mol. The number of aromatic nitrogens is 4. The van der Waals surface area contributed by atoms with E-state index in [1.807, 2.05) is 35.4 Å². The number of piperidine rings is 1. The number of nitrogens with one attached hydrogen (secondary N) is 3. The molecule has 0 bridgehead atoms. The fourth-order valence-electron chi connectivity index (χ4n) is 5.22. The minimum absolute atomic E-state index is 0.0792. The Kier molecular flexibility index (Phi) is 9.26. The smallest absolute Gasteiger partial charge is 0.408 e. The van der Waals surface area contributed by atoms with Crippen molar-refractivity contribution < 1.29 is 23.8 Å². The largest absolute Gasteiger partial charge is 0.454 e. The molecule has 0 aliphatic carbocycles. The fraction of sp³-hybridized carbons (Fsp3) is 0.552. The van der Waals surface area contributed by atoms with Crippen molar-refractivity contribution in [3.63, 3.8) is 0 Å². The summed E-state index contributed by atoms with van der Waals surface area (Å²) in [6.45, 7) is 11.4. The molecule has 3 aromatic rings. The number of rotatable bonds is 8. The van der Waals surface area contributed by atoms with Crippen molar-refractivity contribution in [1.29, 1.82) is 5.41 Å². The molecule has 2 atom stereocenters. The van der Waals surface area contributed by atoms with Gasteiger partial charge in [-0.2, -0.15) is 0 Å². The molecule has 3 N–H and O–H groups in total. The van der Waals surface area contributed by atoms with Gasteiger partial charge in [-0.05, 0) is 79.9 Å². The number of H-pyrrole nitrogens is 1. The molecule has 1 unspecified atom stereocenters. The number of ether oxygens (including phenoxy) is 3. The molecular formula is C29H38BrN7O5S. The zero-order chi connectivity index (χ0) is 30.9. The van der Waals surface area contributed by atoms with Gasteiger partial charge < -0.3 is 34.0 Å². The first-order chi connectivity index (χ1) is 20.4. The SMILES string of the molecule is CC(C)[C@H](NC(=O)OC(C)(C)C)C(=O)N1CCCC(CCn2cnc(=N)c3[nH]c(Sc4cc5c(cc4Br)OCO5)nc32)C1. The number of fused-ring (bicyclic) bond motifs is 2. The summed E-state index contributed by atoms with van der Waals surface area (Å²) in [6, 6.07) is 3.13. The number of carbonyl (C=O) groups excluding carboxylic acids is 2.